The Morgan fingerprint density at radius 2 is 1.96 bits per heavy atom. The number of rotatable bonds is 3. The molecule has 0 amide bonds. The lowest BCUT2D eigenvalue weighted by molar-refractivity contribution is -0.146. The third-order valence-electron chi connectivity index (χ3n) is 3.95. The molecule has 0 spiro atoms. The smallest absolute Gasteiger partial charge is 0.453 e. The predicted octanol–water partition coefficient (Wildman–Crippen LogP) is 2.65. The van der Waals surface area contributed by atoms with Gasteiger partial charge in [0.1, 0.15) is 11.9 Å². The zero-order chi connectivity index (χ0) is 17.4. The first kappa shape index (κ1) is 16.1. The van der Waals surface area contributed by atoms with Gasteiger partial charge in [0.05, 0.1) is 0 Å². The van der Waals surface area contributed by atoms with Gasteiger partial charge in [0.2, 0.25) is 0 Å². The second kappa shape index (κ2) is 6.14. The fraction of sp³-hybridized carbons (Fsp3) is 0.429. The number of piperidine rings is 1. The van der Waals surface area contributed by atoms with Gasteiger partial charge in [-0.1, -0.05) is 11.3 Å². The maximum atomic E-state index is 13.0. The molecule has 25 heavy (non-hydrogen) atoms. The van der Waals surface area contributed by atoms with Crippen molar-refractivity contribution in [3.8, 4) is 5.19 Å². The van der Waals surface area contributed by atoms with E-state index < -0.39 is 12.0 Å². The van der Waals surface area contributed by atoms with Crippen molar-refractivity contribution in [2.75, 3.05) is 18.0 Å². The van der Waals surface area contributed by atoms with Crippen LogP contribution in [0.15, 0.2) is 23.7 Å². The third-order valence-corrected chi connectivity index (χ3v) is 4.61. The number of ether oxygens (including phenoxy) is 1. The highest BCUT2D eigenvalue weighted by Crippen LogP contribution is 2.28. The van der Waals surface area contributed by atoms with E-state index in [1.165, 1.54) is 17.4 Å². The van der Waals surface area contributed by atoms with E-state index in [-0.39, 0.29) is 11.8 Å². The van der Waals surface area contributed by atoms with Crippen LogP contribution in [0.5, 0.6) is 5.19 Å². The molecule has 1 aliphatic heterocycles. The summed E-state index contributed by atoms with van der Waals surface area (Å²) in [7, 11) is 0. The molecule has 0 atom stereocenters. The molecule has 3 aromatic rings. The van der Waals surface area contributed by atoms with Crippen LogP contribution in [0, 0.1) is 0 Å². The monoisotopic (exact) mass is 370 g/mol. The van der Waals surface area contributed by atoms with Crippen LogP contribution in [-0.2, 0) is 6.18 Å². The number of hydrogen-bond donors (Lipinski definition) is 0. The Morgan fingerprint density at radius 3 is 2.64 bits per heavy atom. The first-order chi connectivity index (χ1) is 12.0. The summed E-state index contributed by atoms with van der Waals surface area (Å²) in [5, 5.41) is 13.3. The van der Waals surface area contributed by atoms with Crippen molar-refractivity contribution >= 4 is 22.8 Å². The molecular weight excluding hydrogens is 357 g/mol. The Balaban J connectivity index is 1.49. The number of nitrogens with zero attached hydrogens (tertiary/aromatic N) is 6. The minimum Gasteiger partial charge on any atom is -0.467 e. The lowest BCUT2D eigenvalue weighted by Crippen LogP contribution is -2.39. The predicted molar refractivity (Wildman–Crippen MR) is 83.8 cm³/mol. The summed E-state index contributed by atoms with van der Waals surface area (Å²) in [5.74, 6) is -0.656. The number of anilines is 1. The van der Waals surface area contributed by atoms with Crippen LogP contribution >= 0.6 is 11.3 Å². The van der Waals surface area contributed by atoms with Crippen LogP contribution in [0.1, 0.15) is 18.7 Å². The molecule has 3 aromatic heterocycles. The van der Waals surface area contributed by atoms with Crippen molar-refractivity contribution in [2.24, 2.45) is 0 Å². The lowest BCUT2D eigenvalue weighted by atomic mass is 10.1. The standard InChI is InChI=1S/C14H13F3N6OS/c15-14(16,17)12-20-19-10-1-2-11(21-23(10)12)22-6-3-9(4-7-22)24-13-18-5-8-25-13/h1-2,5,8-9H,3-4,6-7H2. The van der Waals surface area contributed by atoms with E-state index >= 15 is 0 Å². The summed E-state index contributed by atoms with van der Waals surface area (Å²) in [6.07, 6.45) is -1.38. The molecule has 7 nitrogen and oxygen atoms in total. The SMILES string of the molecule is FC(F)(F)c1nnc2ccc(N3CCC(Oc4nccs4)CC3)nn12. The molecule has 4 heterocycles. The molecule has 0 radical (unpaired) electrons. The van der Waals surface area contributed by atoms with E-state index in [4.69, 9.17) is 4.74 Å². The Hall–Kier alpha value is -2.43. The maximum Gasteiger partial charge on any atom is 0.453 e. The number of aromatic nitrogens is 5. The van der Waals surface area contributed by atoms with Crippen molar-refractivity contribution < 1.29 is 17.9 Å². The lowest BCUT2D eigenvalue weighted by Gasteiger charge is -2.32. The van der Waals surface area contributed by atoms with E-state index in [1.807, 2.05) is 10.3 Å². The molecule has 1 aliphatic rings. The number of hydrogen-bond acceptors (Lipinski definition) is 7. The molecule has 132 valence electrons. The van der Waals surface area contributed by atoms with E-state index in [2.05, 4.69) is 20.3 Å². The van der Waals surface area contributed by atoms with Crippen molar-refractivity contribution in [1.29, 1.82) is 0 Å². The number of fused-ring (bicyclic) bond motifs is 1. The first-order valence-corrected chi connectivity index (χ1v) is 8.49. The summed E-state index contributed by atoms with van der Waals surface area (Å²) in [4.78, 5) is 6.03. The van der Waals surface area contributed by atoms with E-state index in [1.54, 1.807) is 12.3 Å². The zero-order valence-electron chi connectivity index (χ0n) is 12.8. The quantitative estimate of drug-likeness (QED) is 0.706. The van der Waals surface area contributed by atoms with Gasteiger partial charge < -0.3 is 9.64 Å². The van der Waals surface area contributed by atoms with Gasteiger partial charge in [0.25, 0.3) is 11.0 Å². The third kappa shape index (κ3) is 3.23. The fourth-order valence-electron chi connectivity index (χ4n) is 2.74. The van der Waals surface area contributed by atoms with Crippen molar-refractivity contribution in [1.82, 2.24) is 24.8 Å². The van der Waals surface area contributed by atoms with Crippen molar-refractivity contribution in [3.05, 3.63) is 29.5 Å². The van der Waals surface area contributed by atoms with Crippen LogP contribution in [0.4, 0.5) is 19.0 Å². The second-order valence-corrected chi connectivity index (χ2v) is 6.44. The molecule has 0 aromatic carbocycles. The molecule has 1 saturated heterocycles. The van der Waals surface area contributed by atoms with Gasteiger partial charge in [0.15, 0.2) is 5.65 Å². The maximum absolute atomic E-state index is 13.0. The first-order valence-electron chi connectivity index (χ1n) is 7.61. The highest BCUT2D eigenvalue weighted by Gasteiger charge is 2.38. The summed E-state index contributed by atoms with van der Waals surface area (Å²) in [6, 6.07) is 3.15. The van der Waals surface area contributed by atoms with E-state index in [0.717, 1.165) is 17.4 Å². The molecule has 0 saturated carbocycles. The minimum absolute atomic E-state index is 0.0479. The molecule has 0 N–H and O–H groups in total. The Labute approximate surface area is 144 Å². The Morgan fingerprint density at radius 1 is 1.16 bits per heavy atom. The topological polar surface area (TPSA) is 68.4 Å². The van der Waals surface area contributed by atoms with Crippen LogP contribution in [0.25, 0.3) is 5.65 Å². The molecular formula is C14H13F3N6OS. The molecule has 0 bridgehead atoms. The normalized spacial score (nSPS) is 16.5. The van der Waals surface area contributed by atoms with E-state index in [0.29, 0.717) is 24.1 Å². The summed E-state index contributed by atoms with van der Waals surface area (Å²) >= 11 is 1.44. The van der Waals surface area contributed by atoms with Gasteiger partial charge in [-0.25, -0.2) is 4.98 Å². The molecule has 1 fully saturated rings. The molecule has 11 heteroatoms. The van der Waals surface area contributed by atoms with Gasteiger partial charge >= 0.3 is 6.18 Å². The highest BCUT2D eigenvalue weighted by molar-refractivity contribution is 7.11. The largest absolute Gasteiger partial charge is 0.467 e. The number of alkyl halides is 3. The van der Waals surface area contributed by atoms with E-state index in [9.17, 15) is 13.2 Å². The molecule has 4 rings (SSSR count). The fourth-order valence-corrected chi connectivity index (χ4v) is 3.29. The highest BCUT2D eigenvalue weighted by atomic mass is 32.1. The van der Waals surface area contributed by atoms with Gasteiger partial charge in [-0.3, -0.25) is 0 Å². The van der Waals surface area contributed by atoms with Crippen molar-refractivity contribution in [3.63, 3.8) is 0 Å². The summed E-state index contributed by atoms with van der Waals surface area (Å²) < 4.78 is 45.4. The second-order valence-electron chi connectivity index (χ2n) is 5.59. The zero-order valence-corrected chi connectivity index (χ0v) is 13.7. The Bertz CT molecular complexity index is 857. The number of thiazole rings is 1. The van der Waals surface area contributed by atoms with Gasteiger partial charge in [0, 0.05) is 37.5 Å². The average Bonchev–Trinajstić information content (AvgIpc) is 3.23. The average molecular weight is 370 g/mol. The summed E-state index contributed by atoms with van der Waals surface area (Å²) in [5.41, 5.74) is 0.0677. The van der Waals surface area contributed by atoms with Crippen LogP contribution < -0.4 is 9.64 Å². The Kier molecular flexibility index (Phi) is 3.94. The van der Waals surface area contributed by atoms with Gasteiger partial charge in [-0.2, -0.15) is 17.7 Å². The van der Waals surface area contributed by atoms with Crippen LogP contribution in [0.2, 0.25) is 0 Å². The van der Waals surface area contributed by atoms with Crippen molar-refractivity contribution in [2.45, 2.75) is 25.1 Å². The minimum atomic E-state index is -4.60. The summed E-state index contributed by atoms with van der Waals surface area (Å²) in [6.45, 7) is 1.27. The van der Waals surface area contributed by atoms with Crippen LogP contribution in [-0.4, -0.2) is 44.0 Å². The van der Waals surface area contributed by atoms with Crippen LogP contribution in [0.3, 0.4) is 0 Å². The molecule has 0 unspecified atom stereocenters. The van der Waals surface area contributed by atoms with Gasteiger partial charge in [-0.15, -0.1) is 15.3 Å². The van der Waals surface area contributed by atoms with Gasteiger partial charge in [-0.05, 0) is 12.1 Å². The number of halogens is 3. The molecule has 0 aliphatic carbocycles.